The van der Waals surface area contributed by atoms with Gasteiger partial charge in [0.05, 0.1) is 0 Å². The van der Waals surface area contributed by atoms with Gasteiger partial charge in [0.2, 0.25) is 0 Å². The van der Waals surface area contributed by atoms with Crippen LogP contribution in [0.3, 0.4) is 0 Å². The number of fused-ring (bicyclic) bond motifs is 1. The fraction of sp³-hybridized carbons (Fsp3) is 0.200. The molecule has 0 saturated carbocycles. The normalized spacial score (nSPS) is 21.1. The van der Waals surface area contributed by atoms with Gasteiger partial charge in [-0.05, 0) is 31.2 Å². The van der Waals surface area contributed by atoms with Gasteiger partial charge in [-0.15, -0.1) is 0 Å². The molecule has 0 radical (unpaired) electrons. The number of halogens is 3. The molecular weight excluding hydrogens is 331 g/mol. The maximum atomic E-state index is 14.1. The number of ether oxygens (including phenoxy) is 1. The van der Waals surface area contributed by atoms with E-state index in [0.717, 1.165) is 15.8 Å². The van der Waals surface area contributed by atoms with Crippen molar-refractivity contribution in [2.45, 2.75) is 18.9 Å². The molecule has 2 aromatic carbocycles. The average Bonchev–Trinajstić information content (AvgIpc) is 2.68. The molecule has 4 heteroatoms. The lowest BCUT2D eigenvalue weighted by atomic mass is 9.91. The smallest absolute Gasteiger partial charge is 0.138 e. The standard InChI is InChI=1S/C15H11BrClFO/c1-15(11-6-5-9(17)7-13(11)18)8-10-12(16)3-2-4-14(10)19-15/h2-7H,8H2,1H3. The van der Waals surface area contributed by atoms with E-state index >= 15 is 0 Å². The molecule has 0 aromatic heterocycles. The van der Waals surface area contributed by atoms with Gasteiger partial charge in [-0.2, -0.15) is 0 Å². The first-order chi connectivity index (χ1) is 8.99. The van der Waals surface area contributed by atoms with Crippen LogP contribution in [0.15, 0.2) is 40.9 Å². The Morgan fingerprint density at radius 3 is 2.79 bits per heavy atom. The quantitative estimate of drug-likeness (QED) is 0.702. The predicted octanol–water partition coefficient (Wildman–Crippen LogP) is 5.09. The van der Waals surface area contributed by atoms with Crippen LogP contribution in [0.5, 0.6) is 5.75 Å². The van der Waals surface area contributed by atoms with E-state index in [0.29, 0.717) is 17.0 Å². The summed E-state index contributed by atoms with van der Waals surface area (Å²) < 4.78 is 21.1. The van der Waals surface area contributed by atoms with E-state index in [-0.39, 0.29) is 5.82 Å². The van der Waals surface area contributed by atoms with Crippen LogP contribution in [0.25, 0.3) is 0 Å². The van der Waals surface area contributed by atoms with Crippen molar-refractivity contribution in [2.24, 2.45) is 0 Å². The minimum absolute atomic E-state index is 0.334. The van der Waals surface area contributed by atoms with Crippen molar-refractivity contribution >= 4 is 27.5 Å². The van der Waals surface area contributed by atoms with Crippen LogP contribution in [0, 0.1) is 5.82 Å². The van der Waals surface area contributed by atoms with Gasteiger partial charge in [-0.25, -0.2) is 4.39 Å². The Hall–Kier alpha value is -1.06. The molecule has 98 valence electrons. The molecule has 0 fully saturated rings. The first-order valence-electron chi connectivity index (χ1n) is 5.91. The summed E-state index contributed by atoms with van der Waals surface area (Å²) in [6.45, 7) is 1.89. The van der Waals surface area contributed by atoms with Gasteiger partial charge in [0.1, 0.15) is 17.2 Å². The van der Waals surface area contributed by atoms with Crippen molar-refractivity contribution in [3.63, 3.8) is 0 Å². The molecule has 0 saturated heterocycles. The van der Waals surface area contributed by atoms with Crippen LogP contribution in [-0.4, -0.2) is 0 Å². The van der Waals surface area contributed by atoms with Crippen molar-refractivity contribution < 1.29 is 9.13 Å². The molecule has 19 heavy (non-hydrogen) atoms. The highest BCUT2D eigenvalue weighted by atomic mass is 79.9. The number of hydrogen-bond acceptors (Lipinski definition) is 1. The van der Waals surface area contributed by atoms with Gasteiger partial charge in [0.25, 0.3) is 0 Å². The van der Waals surface area contributed by atoms with Crippen LogP contribution in [-0.2, 0) is 12.0 Å². The van der Waals surface area contributed by atoms with Gasteiger partial charge in [0.15, 0.2) is 0 Å². The van der Waals surface area contributed by atoms with Crippen LogP contribution in [0.2, 0.25) is 5.02 Å². The summed E-state index contributed by atoms with van der Waals surface area (Å²) in [4.78, 5) is 0. The van der Waals surface area contributed by atoms with Crippen molar-refractivity contribution in [3.05, 3.63) is 62.8 Å². The fourth-order valence-corrected chi connectivity index (χ4v) is 3.14. The molecule has 0 aliphatic carbocycles. The molecule has 2 aromatic rings. The van der Waals surface area contributed by atoms with Gasteiger partial charge in [-0.1, -0.05) is 39.7 Å². The van der Waals surface area contributed by atoms with Gasteiger partial charge < -0.3 is 4.74 Å². The maximum absolute atomic E-state index is 14.1. The second-order valence-electron chi connectivity index (χ2n) is 4.85. The molecular formula is C15H11BrClFO. The number of benzene rings is 2. The molecule has 3 rings (SSSR count). The minimum atomic E-state index is -0.694. The molecule has 1 nitrogen and oxygen atoms in total. The zero-order valence-corrected chi connectivity index (χ0v) is 12.6. The molecule has 1 aliphatic heterocycles. The van der Waals surface area contributed by atoms with Crippen molar-refractivity contribution in [2.75, 3.05) is 0 Å². The Balaban J connectivity index is 2.06. The average molecular weight is 342 g/mol. The van der Waals surface area contributed by atoms with E-state index in [9.17, 15) is 4.39 Å². The van der Waals surface area contributed by atoms with E-state index in [1.165, 1.54) is 6.07 Å². The van der Waals surface area contributed by atoms with Crippen LogP contribution in [0.1, 0.15) is 18.1 Å². The minimum Gasteiger partial charge on any atom is -0.482 e. The van der Waals surface area contributed by atoms with E-state index < -0.39 is 5.60 Å². The van der Waals surface area contributed by atoms with Gasteiger partial charge in [-0.3, -0.25) is 0 Å². The zero-order valence-electron chi connectivity index (χ0n) is 10.2. The molecule has 1 heterocycles. The second-order valence-corrected chi connectivity index (χ2v) is 6.14. The highest BCUT2D eigenvalue weighted by Gasteiger charge is 2.39. The van der Waals surface area contributed by atoms with Crippen LogP contribution < -0.4 is 4.74 Å². The van der Waals surface area contributed by atoms with E-state index in [4.69, 9.17) is 16.3 Å². The summed E-state index contributed by atoms with van der Waals surface area (Å²) in [7, 11) is 0. The van der Waals surface area contributed by atoms with Gasteiger partial charge in [0, 0.05) is 27.0 Å². The van der Waals surface area contributed by atoms with Crippen molar-refractivity contribution in [3.8, 4) is 5.75 Å². The highest BCUT2D eigenvalue weighted by molar-refractivity contribution is 9.10. The van der Waals surface area contributed by atoms with Crippen LogP contribution in [0.4, 0.5) is 4.39 Å². The Kier molecular flexibility index (Phi) is 3.06. The lowest BCUT2D eigenvalue weighted by molar-refractivity contribution is 0.111. The summed E-state index contributed by atoms with van der Waals surface area (Å²) in [5.74, 6) is 0.463. The van der Waals surface area contributed by atoms with E-state index in [1.807, 2.05) is 25.1 Å². The first kappa shape index (κ1) is 12.9. The fourth-order valence-electron chi connectivity index (χ4n) is 2.49. The highest BCUT2D eigenvalue weighted by Crippen LogP contribution is 2.44. The Morgan fingerprint density at radius 1 is 1.32 bits per heavy atom. The summed E-state index contributed by atoms with van der Waals surface area (Å²) in [5, 5.41) is 0.390. The molecule has 0 spiro atoms. The van der Waals surface area contributed by atoms with Crippen molar-refractivity contribution in [1.82, 2.24) is 0 Å². The topological polar surface area (TPSA) is 9.23 Å². The van der Waals surface area contributed by atoms with Gasteiger partial charge >= 0.3 is 0 Å². The third kappa shape index (κ3) is 2.15. The summed E-state index contributed by atoms with van der Waals surface area (Å²) in [6.07, 6.45) is 0.627. The van der Waals surface area contributed by atoms with E-state index in [2.05, 4.69) is 15.9 Å². The summed E-state index contributed by atoms with van der Waals surface area (Å²) in [6, 6.07) is 10.5. The Bertz CT molecular complexity index is 659. The molecule has 1 aliphatic rings. The Morgan fingerprint density at radius 2 is 2.11 bits per heavy atom. The second kappa shape index (κ2) is 4.50. The Labute approximate surface area is 124 Å². The lowest BCUT2D eigenvalue weighted by Gasteiger charge is -2.25. The maximum Gasteiger partial charge on any atom is 0.138 e. The van der Waals surface area contributed by atoms with E-state index in [1.54, 1.807) is 12.1 Å². The number of hydrogen-bond donors (Lipinski definition) is 0. The van der Waals surface area contributed by atoms with Crippen LogP contribution >= 0.6 is 27.5 Å². The number of rotatable bonds is 1. The summed E-state index contributed by atoms with van der Waals surface area (Å²) >= 11 is 9.30. The third-order valence-electron chi connectivity index (χ3n) is 3.43. The molecule has 0 bridgehead atoms. The predicted molar refractivity (Wildman–Crippen MR) is 77.2 cm³/mol. The zero-order chi connectivity index (χ0) is 13.6. The molecule has 0 amide bonds. The monoisotopic (exact) mass is 340 g/mol. The first-order valence-corrected chi connectivity index (χ1v) is 7.09. The lowest BCUT2D eigenvalue weighted by Crippen LogP contribution is -2.28. The van der Waals surface area contributed by atoms with Crippen molar-refractivity contribution in [1.29, 1.82) is 0 Å². The molecule has 1 unspecified atom stereocenters. The largest absolute Gasteiger partial charge is 0.482 e. The molecule has 0 N–H and O–H groups in total. The SMILES string of the molecule is CC1(c2ccc(Cl)cc2F)Cc2c(Br)cccc2O1. The third-order valence-corrected chi connectivity index (χ3v) is 4.40. The molecule has 1 atom stereocenters. The summed E-state index contributed by atoms with van der Waals surface area (Å²) in [5.41, 5.74) is 0.903.